The van der Waals surface area contributed by atoms with Gasteiger partial charge in [0, 0.05) is 18.4 Å². The van der Waals surface area contributed by atoms with E-state index in [0.717, 1.165) is 42.9 Å². The Hall–Kier alpha value is -4.33. The van der Waals surface area contributed by atoms with Crippen LogP contribution in [0.25, 0.3) is 10.8 Å². The molecule has 4 unspecified atom stereocenters. The number of fused-ring (bicyclic) bond motifs is 1. The van der Waals surface area contributed by atoms with E-state index in [0.29, 0.717) is 31.3 Å². The summed E-state index contributed by atoms with van der Waals surface area (Å²) >= 11 is 0. The fraction of sp³-hybridized carbons (Fsp3) is 0.469. The molecule has 1 fully saturated rings. The number of benzene rings is 2. The second-order valence-electron chi connectivity index (χ2n) is 10.6. The van der Waals surface area contributed by atoms with Crippen LogP contribution >= 0.6 is 0 Å². The van der Waals surface area contributed by atoms with Crippen LogP contribution in [-0.4, -0.2) is 81.3 Å². The van der Waals surface area contributed by atoms with Crippen molar-refractivity contribution in [3.63, 3.8) is 0 Å². The molecule has 0 saturated carbocycles. The Balaban J connectivity index is 0.00000271. The van der Waals surface area contributed by atoms with Crippen LogP contribution in [0.15, 0.2) is 69.8 Å². The highest BCUT2D eigenvalue weighted by molar-refractivity contribution is 6.02. The molecule has 1 saturated heterocycles. The molecule has 2 heterocycles. The molecule has 4 rings (SSSR count). The monoisotopic (exact) mass is 624 g/mol. The zero-order valence-electron chi connectivity index (χ0n) is 26.2. The number of aliphatic imine (C=N–C) groups is 2. The molecule has 2 aromatic rings. The summed E-state index contributed by atoms with van der Waals surface area (Å²) in [6.07, 6.45) is 5.32. The number of hydroxylamine groups is 1. The van der Waals surface area contributed by atoms with Gasteiger partial charge in [0.1, 0.15) is 24.9 Å². The molecule has 244 valence electrons. The number of rotatable bonds is 14. The number of nitrogens with one attached hydrogen (secondary N) is 1. The third-order valence-corrected chi connectivity index (χ3v) is 7.05. The minimum Gasteiger partial charge on any atom is -0.476 e. The smallest absolute Gasteiger partial charge is 0.326 e. The Bertz CT molecular complexity index is 1350. The predicted molar refractivity (Wildman–Crippen MR) is 173 cm³/mol. The number of esters is 1. The lowest BCUT2D eigenvalue weighted by atomic mass is 10.1. The van der Waals surface area contributed by atoms with Crippen molar-refractivity contribution in [2.75, 3.05) is 26.9 Å². The summed E-state index contributed by atoms with van der Waals surface area (Å²) in [5, 5.41) is 7.94. The van der Waals surface area contributed by atoms with E-state index in [1.807, 2.05) is 49.3 Å². The van der Waals surface area contributed by atoms with E-state index in [1.165, 1.54) is 6.34 Å². The number of nitrogens with zero attached hydrogens (tertiary/aromatic N) is 4. The number of guanidine groups is 1. The topological polar surface area (TPSA) is 159 Å². The van der Waals surface area contributed by atoms with Crippen LogP contribution in [0.4, 0.5) is 0 Å². The Morgan fingerprint density at radius 3 is 2.64 bits per heavy atom. The number of methoxy groups -OCH3 is 1. The number of hydrogen-bond acceptors (Lipinski definition) is 13. The zero-order chi connectivity index (χ0) is 32.6. The van der Waals surface area contributed by atoms with Crippen LogP contribution in [0.2, 0.25) is 0 Å². The summed E-state index contributed by atoms with van der Waals surface area (Å²) in [5.74, 6) is 0.750. The van der Waals surface area contributed by atoms with Gasteiger partial charge in [0.15, 0.2) is 12.0 Å². The van der Waals surface area contributed by atoms with Crippen molar-refractivity contribution >= 4 is 41.7 Å². The highest BCUT2D eigenvalue weighted by Crippen LogP contribution is 2.29. The Labute approximate surface area is 264 Å². The molecule has 0 aromatic heterocycles. The number of hydrogen-bond donors (Lipinski definition) is 2. The summed E-state index contributed by atoms with van der Waals surface area (Å²) in [6.45, 7) is 11.0. The van der Waals surface area contributed by atoms with Crippen LogP contribution in [0.1, 0.15) is 46.0 Å². The molecule has 0 aliphatic carbocycles. The van der Waals surface area contributed by atoms with Gasteiger partial charge in [-0.25, -0.2) is 10.0 Å². The van der Waals surface area contributed by atoms with Crippen molar-refractivity contribution in [3.05, 3.63) is 54.7 Å². The van der Waals surface area contributed by atoms with E-state index in [2.05, 4.69) is 34.1 Å². The highest BCUT2D eigenvalue weighted by atomic mass is 16.7. The highest BCUT2D eigenvalue weighted by Gasteiger charge is 2.36. The molecule has 45 heavy (non-hydrogen) atoms. The predicted octanol–water partition coefficient (Wildman–Crippen LogP) is 3.93. The maximum atomic E-state index is 12.3. The van der Waals surface area contributed by atoms with Crippen LogP contribution in [0.3, 0.4) is 0 Å². The second-order valence-corrected chi connectivity index (χ2v) is 10.6. The van der Waals surface area contributed by atoms with E-state index in [1.54, 1.807) is 19.0 Å². The van der Waals surface area contributed by atoms with Crippen molar-refractivity contribution < 1.29 is 33.4 Å². The molecule has 13 nitrogen and oxygen atoms in total. The summed E-state index contributed by atoms with van der Waals surface area (Å²) in [6, 6.07) is 13.0. The van der Waals surface area contributed by atoms with Gasteiger partial charge in [-0.1, -0.05) is 49.9 Å². The third-order valence-electron chi connectivity index (χ3n) is 7.05. The molecule has 0 bridgehead atoms. The molecule has 3 N–H and O–H groups in total. The first-order valence-corrected chi connectivity index (χ1v) is 14.9. The maximum Gasteiger partial charge on any atom is 0.326 e. The van der Waals surface area contributed by atoms with Gasteiger partial charge in [0.2, 0.25) is 11.9 Å². The SMILES string of the molecule is C=C1N=CN(C2OC(COC)CC2C)/N=C(N)\N=C/1OCCCCCCOC(=O)C(C)NOc1cccc2ccccc12.C=O. The lowest BCUT2D eigenvalue weighted by molar-refractivity contribution is -0.148. The molecule has 2 aliphatic rings. The van der Waals surface area contributed by atoms with Crippen LogP contribution in [0.5, 0.6) is 5.75 Å². The maximum absolute atomic E-state index is 12.3. The van der Waals surface area contributed by atoms with Crippen molar-refractivity contribution in [2.45, 2.75) is 64.3 Å². The average molecular weight is 625 g/mol. The summed E-state index contributed by atoms with van der Waals surface area (Å²) in [4.78, 5) is 34.7. The number of carbonyl (C=O) groups is 2. The lowest BCUT2D eigenvalue weighted by Gasteiger charge is -2.25. The van der Waals surface area contributed by atoms with E-state index >= 15 is 0 Å². The minimum absolute atomic E-state index is 0.0144. The van der Waals surface area contributed by atoms with E-state index in [9.17, 15) is 4.79 Å². The first kappa shape index (κ1) is 35.2. The standard InChI is InChI=1S/C31H42N6O6.CH2O/c1-21-18-25(19-39-4)42-29(21)37-20-33-22(2)28(34-31(32)35-37)40-16-9-5-6-10-17-41-30(38)23(3)36-43-27-15-11-13-24-12-7-8-14-26(24)27;1-2/h7-8,11-15,20-21,23,25,29,36H,2,5-6,9-10,16-19H2,1,3-4H3,(H2,32,35);1H2/b33-20?,34-28+;. The van der Waals surface area contributed by atoms with Gasteiger partial charge in [-0.3, -0.25) is 4.79 Å². The third kappa shape index (κ3) is 10.7. The molecule has 0 amide bonds. The number of ether oxygens (including phenoxy) is 4. The Kier molecular flexibility index (Phi) is 14.4. The number of hydrazone groups is 1. The van der Waals surface area contributed by atoms with E-state index in [-0.39, 0.29) is 36.1 Å². The minimum atomic E-state index is -0.614. The number of unbranched alkanes of at least 4 members (excludes halogenated alkanes) is 3. The average Bonchev–Trinajstić information content (AvgIpc) is 3.41. The van der Waals surface area contributed by atoms with Gasteiger partial charge < -0.3 is 34.3 Å². The van der Waals surface area contributed by atoms with Gasteiger partial charge in [-0.2, -0.15) is 4.99 Å². The van der Waals surface area contributed by atoms with Crippen LogP contribution < -0.4 is 16.1 Å². The van der Waals surface area contributed by atoms with Crippen molar-refractivity contribution in [2.24, 2.45) is 26.7 Å². The largest absolute Gasteiger partial charge is 0.476 e. The zero-order valence-corrected chi connectivity index (χ0v) is 26.2. The van der Waals surface area contributed by atoms with E-state index in [4.69, 9.17) is 34.3 Å². The van der Waals surface area contributed by atoms with Gasteiger partial charge in [0.25, 0.3) is 0 Å². The first-order chi connectivity index (χ1) is 21.9. The van der Waals surface area contributed by atoms with Gasteiger partial charge >= 0.3 is 5.97 Å². The fourth-order valence-electron chi connectivity index (χ4n) is 4.80. The van der Waals surface area contributed by atoms with Gasteiger partial charge in [0.05, 0.1) is 25.9 Å². The van der Waals surface area contributed by atoms with Crippen molar-refractivity contribution in [1.82, 2.24) is 10.5 Å². The molecule has 0 spiro atoms. The Morgan fingerprint density at radius 1 is 1.13 bits per heavy atom. The molecular weight excluding hydrogens is 580 g/mol. The number of carbonyl (C=O) groups excluding carboxylic acids is 2. The van der Waals surface area contributed by atoms with Crippen LogP contribution in [-0.2, 0) is 28.5 Å². The molecule has 4 atom stereocenters. The molecule has 13 heteroatoms. The quantitative estimate of drug-likeness (QED) is 0.179. The van der Waals surface area contributed by atoms with Gasteiger partial charge in [-0.15, -0.1) is 10.6 Å². The lowest BCUT2D eigenvalue weighted by Crippen LogP contribution is -2.37. The fourth-order valence-corrected chi connectivity index (χ4v) is 4.80. The van der Waals surface area contributed by atoms with E-state index < -0.39 is 6.04 Å². The summed E-state index contributed by atoms with van der Waals surface area (Å²) < 4.78 is 22.5. The first-order valence-electron chi connectivity index (χ1n) is 14.9. The van der Waals surface area contributed by atoms with Crippen molar-refractivity contribution in [3.8, 4) is 5.75 Å². The second kappa shape index (κ2) is 18.5. The molecule has 2 aliphatic heterocycles. The Morgan fingerprint density at radius 2 is 1.87 bits per heavy atom. The van der Waals surface area contributed by atoms with Gasteiger partial charge in [-0.05, 0) is 50.5 Å². The molecular formula is C32H44N6O7. The summed E-state index contributed by atoms with van der Waals surface area (Å²) in [5.41, 5.74) is 9.19. The summed E-state index contributed by atoms with van der Waals surface area (Å²) in [7, 11) is 1.65. The normalized spacial score (nSPS) is 22.6. The van der Waals surface area contributed by atoms with Crippen LogP contribution in [0, 0.1) is 5.92 Å². The molecule has 2 aromatic carbocycles. The van der Waals surface area contributed by atoms with Crippen molar-refractivity contribution in [1.29, 1.82) is 0 Å². The number of nitrogens with two attached hydrogens (primary N) is 1. The molecule has 0 radical (unpaired) electrons.